The van der Waals surface area contributed by atoms with Gasteiger partial charge in [0, 0.05) is 0 Å². The molecule has 1 heterocycles. The summed E-state index contributed by atoms with van der Waals surface area (Å²) in [6.07, 6.45) is 1.43. The molecule has 0 unspecified atom stereocenters. The molecule has 7 heteroatoms. The monoisotopic (exact) mass is 293 g/mol. The number of hydrogen-bond acceptors (Lipinski definition) is 4. The van der Waals surface area contributed by atoms with Crippen LogP contribution in [-0.4, -0.2) is 17.5 Å². The number of hydrogen-bond donors (Lipinski definition) is 2. The Kier molecular flexibility index (Phi) is 4.32. The number of pyridine rings is 1. The third-order valence-corrected chi connectivity index (χ3v) is 2.70. The topological polar surface area (TPSA) is 77.2 Å². The Morgan fingerprint density at radius 3 is 2.81 bits per heavy atom. The number of benzene rings is 1. The SMILES string of the molecule is Cc1ncc(N)cc1C(=O)Nc1ccccc1OC(F)F. The summed E-state index contributed by atoms with van der Waals surface area (Å²) in [5, 5.41) is 2.51. The number of nitrogens with two attached hydrogens (primary N) is 1. The van der Waals surface area contributed by atoms with E-state index in [0.29, 0.717) is 11.4 Å². The number of halogens is 2. The van der Waals surface area contributed by atoms with E-state index in [4.69, 9.17) is 5.73 Å². The average molecular weight is 293 g/mol. The summed E-state index contributed by atoms with van der Waals surface area (Å²) in [4.78, 5) is 16.2. The minimum absolute atomic E-state index is 0.115. The molecular formula is C14H13F2N3O2. The first-order chi connectivity index (χ1) is 9.97. The van der Waals surface area contributed by atoms with Gasteiger partial charge in [0.25, 0.3) is 5.91 Å². The number of aromatic nitrogens is 1. The van der Waals surface area contributed by atoms with Gasteiger partial charge in [-0.25, -0.2) is 0 Å². The molecule has 0 radical (unpaired) electrons. The second kappa shape index (κ2) is 6.17. The van der Waals surface area contributed by atoms with Crippen molar-refractivity contribution in [2.75, 3.05) is 11.1 Å². The molecule has 0 fully saturated rings. The number of alkyl halides is 2. The van der Waals surface area contributed by atoms with Crippen LogP contribution in [-0.2, 0) is 0 Å². The van der Waals surface area contributed by atoms with Crippen LogP contribution < -0.4 is 15.8 Å². The number of aryl methyl sites for hydroxylation is 1. The van der Waals surface area contributed by atoms with E-state index in [1.54, 1.807) is 13.0 Å². The van der Waals surface area contributed by atoms with Crippen LogP contribution in [0, 0.1) is 6.92 Å². The van der Waals surface area contributed by atoms with Crippen LogP contribution in [0.3, 0.4) is 0 Å². The Morgan fingerprint density at radius 2 is 2.10 bits per heavy atom. The van der Waals surface area contributed by atoms with Crippen molar-refractivity contribution in [1.82, 2.24) is 4.98 Å². The lowest BCUT2D eigenvalue weighted by Gasteiger charge is -2.12. The molecule has 0 spiro atoms. The number of para-hydroxylation sites is 2. The smallest absolute Gasteiger partial charge is 0.387 e. The molecule has 0 aliphatic heterocycles. The molecule has 1 aromatic heterocycles. The third kappa shape index (κ3) is 3.65. The Hall–Kier alpha value is -2.70. The summed E-state index contributed by atoms with van der Waals surface area (Å²) in [7, 11) is 0. The summed E-state index contributed by atoms with van der Waals surface area (Å²) in [6.45, 7) is -1.32. The van der Waals surface area contributed by atoms with E-state index in [9.17, 15) is 13.6 Å². The molecule has 3 N–H and O–H groups in total. The number of nitrogens with zero attached hydrogens (tertiary/aromatic N) is 1. The van der Waals surface area contributed by atoms with Crippen molar-refractivity contribution in [3.8, 4) is 5.75 Å². The first kappa shape index (κ1) is 14.7. The Balaban J connectivity index is 2.25. The van der Waals surface area contributed by atoms with E-state index < -0.39 is 12.5 Å². The first-order valence-corrected chi connectivity index (χ1v) is 6.04. The number of anilines is 2. The lowest BCUT2D eigenvalue weighted by molar-refractivity contribution is -0.0493. The molecule has 1 amide bonds. The maximum atomic E-state index is 12.3. The van der Waals surface area contributed by atoms with E-state index in [0.717, 1.165) is 0 Å². The zero-order valence-corrected chi connectivity index (χ0v) is 11.1. The second-order valence-electron chi connectivity index (χ2n) is 4.23. The van der Waals surface area contributed by atoms with Gasteiger partial charge in [0.2, 0.25) is 0 Å². The van der Waals surface area contributed by atoms with E-state index in [-0.39, 0.29) is 17.0 Å². The predicted octanol–water partition coefficient (Wildman–Crippen LogP) is 2.83. The van der Waals surface area contributed by atoms with Crippen LogP contribution in [0.25, 0.3) is 0 Å². The van der Waals surface area contributed by atoms with Gasteiger partial charge in [-0.15, -0.1) is 0 Å². The molecule has 0 atom stereocenters. The molecule has 0 saturated carbocycles. The summed E-state index contributed by atoms with van der Waals surface area (Å²) >= 11 is 0. The van der Waals surface area contributed by atoms with Crippen LogP contribution in [0.1, 0.15) is 16.1 Å². The van der Waals surface area contributed by atoms with Gasteiger partial charge in [-0.05, 0) is 25.1 Å². The van der Waals surface area contributed by atoms with Crippen molar-refractivity contribution in [1.29, 1.82) is 0 Å². The molecule has 1 aromatic carbocycles. The highest BCUT2D eigenvalue weighted by Gasteiger charge is 2.15. The Bertz CT molecular complexity index is 662. The molecule has 21 heavy (non-hydrogen) atoms. The molecule has 110 valence electrons. The number of nitrogens with one attached hydrogen (secondary N) is 1. The Morgan fingerprint density at radius 1 is 1.38 bits per heavy atom. The van der Waals surface area contributed by atoms with E-state index in [1.807, 2.05) is 0 Å². The van der Waals surface area contributed by atoms with Crippen molar-refractivity contribution >= 4 is 17.3 Å². The molecule has 0 bridgehead atoms. The van der Waals surface area contributed by atoms with Gasteiger partial charge in [0.1, 0.15) is 5.75 Å². The number of carbonyl (C=O) groups excluding carboxylic acids is 1. The molecule has 2 rings (SSSR count). The molecule has 0 aliphatic carbocycles. The van der Waals surface area contributed by atoms with Gasteiger partial charge < -0.3 is 15.8 Å². The van der Waals surface area contributed by atoms with Crippen molar-refractivity contribution in [3.05, 3.63) is 47.8 Å². The zero-order valence-electron chi connectivity index (χ0n) is 11.1. The largest absolute Gasteiger partial charge is 0.433 e. The third-order valence-electron chi connectivity index (χ3n) is 2.70. The molecule has 5 nitrogen and oxygen atoms in total. The van der Waals surface area contributed by atoms with Crippen LogP contribution in [0.2, 0.25) is 0 Å². The number of amides is 1. The average Bonchev–Trinajstić information content (AvgIpc) is 2.43. The number of carbonyl (C=O) groups is 1. The fraction of sp³-hybridized carbons (Fsp3) is 0.143. The quantitative estimate of drug-likeness (QED) is 0.908. The normalized spacial score (nSPS) is 10.5. The molecular weight excluding hydrogens is 280 g/mol. The maximum Gasteiger partial charge on any atom is 0.387 e. The zero-order chi connectivity index (χ0) is 15.4. The maximum absolute atomic E-state index is 12.3. The van der Waals surface area contributed by atoms with Gasteiger partial charge in [-0.3, -0.25) is 9.78 Å². The van der Waals surface area contributed by atoms with Crippen molar-refractivity contribution in [3.63, 3.8) is 0 Å². The molecule has 0 saturated heterocycles. The fourth-order valence-electron chi connectivity index (χ4n) is 1.74. The van der Waals surface area contributed by atoms with Gasteiger partial charge in [-0.2, -0.15) is 8.78 Å². The minimum Gasteiger partial charge on any atom is -0.433 e. The van der Waals surface area contributed by atoms with E-state index in [1.165, 1.54) is 30.5 Å². The number of ether oxygens (including phenoxy) is 1. The predicted molar refractivity (Wildman–Crippen MR) is 74.4 cm³/mol. The van der Waals surface area contributed by atoms with Crippen LogP contribution in [0.15, 0.2) is 36.5 Å². The second-order valence-corrected chi connectivity index (χ2v) is 4.23. The van der Waals surface area contributed by atoms with E-state index >= 15 is 0 Å². The summed E-state index contributed by atoms with van der Waals surface area (Å²) in [5.74, 6) is -0.618. The summed E-state index contributed by atoms with van der Waals surface area (Å²) < 4.78 is 29.0. The van der Waals surface area contributed by atoms with Gasteiger partial charge in [0.15, 0.2) is 0 Å². The highest BCUT2D eigenvalue weighted by Crippen LogP contribution is 2.26. The number of nitrogen functional groups attached to an aromatic ring is 1. The first-order valence-electron chi connectivity index (χ1n) is 6.04. The summed E-state index contributed by atoms with van der Waals surface area (Å²) in [5.41, 5.74) is 6.81. The van der Waals surface area contributed by atoms with Crippen LogP contribution >= 0.6 is 0 Å². The van der Waals surface area contributed by atoms with E-state index in [2.05, 4.69) is 15.0 Å². The Labute approximate surface area is 119 Å². The van der Waals surface area contributed by atoms with Crippen LogP contribution in [0.5, 0.6) is 5.75 Å². The highest BCUT2D eigenvalue weighted by molar-refractivity contribution is 6.06. The van der Waals surface area contributed by atoms with Crippen LogP contribution in [0.4, 0.5) is 20.2 Å². The standard InChI is InChI=1S/C14H13F2N3O2/c1-8-10(6-9(17)7-18-8)13(20)19-11-4-2-3-5-12(11)21-14(15)16/h2-7,14H,17H2,1H3,(H,19,20). The highest BCUT2D eigenvalue weighted by atomic mass is 19.3. The van der Waals surface area contributed by atoms with Gasteiger partial charge in [0.05, 0.1) is 28.8 Å². The number of rotatable bonds is 4. The van der Waals surface area contributed by atoms with Gasteiger partial charge >= 0.3 is 6.61 Å². The lowest BCUT2D eigenvalue weighted by Crippen LogP contribution is -2.16. The minimum atomic E-state index is -2.97. The fourth-order valence-corrected chi connectivity index (χ4v) is 1.74. The van der Waals surface area contributed by atoms with Crippen molar-refractivity contribution in [2.45, 2.75) is 13.5 Å². The molecule has 2 aromatic rings. The summed E-state index contributed by atoms with van der Waals surface area (Å²) in [6, 6.07) is 7.39. The molecule has 0 aliphatic rings. The van der Waals surface area contributed by atoms with Gasteiger partial charge in [-0.1, -0.05) is 12.1 Å². The van der Waals surface area contributed by atoms with Crippen molar-refractivity contribution in [2.24, 2.45) is 0 Å². The lowest BCUT2D eigenvalue weighted by atomic mass is 10.1. The van der Waals surface area contributed by atoms with Crippen molar-refractivity contribution < 1.29 is 18.3 Å².